The first-order valence-corrected chi connectivity index (χ1v) is 8.44. The number of aromatic nitrogens is 1. The van der Waals surface area contributed by atoms with Crippen LogP contribution in [0.2, 0.25) is 5.02 Å². The quantitative estimate of drug-likeness (QED) is 0.916. The Morgan fingerprint density at radius 2 is 1.68 bits per heavy atom. The van der Waals surface area contributed by atoms with Gasteiger partial charge in [-0.3, -0.25) is 9.59 Å². The van der Waals surface area contributed by atoms with Crippen LogP contribution in [0.4, 0.5) is 11.5 Å². The molecule has 1 aromatic carbocycles. The molecule has 2 amide bonds. The van der Waals surface area contributed by atoms with Crippen LogP contribution in [0.25, 0.3) is 0 Å². The number of hydrogen-bond donors (Lipinski definition) is 1. The van der Waals surface area contributed by atoms with E-state index in [1.54, 1.807) is 47.2 Å². The first kappa shape index (κ1) is 17.2. The van der Waals surface area contributed by atoms with Gasteiger partial charge in [-0.15, -0.1) is 0 Å². The lowest BCUT2D eigenvalue weighted by atomic mass is 10.2. The topological polar surface area (TPSA) is 65.5 Å². The van der Waals surface area contributed by atoms with E-state index in [9.17, 15) is 9.59 Å². The minimum absolute atomic E-state index is 0.0467. The van der Waals surface area contributed by atoms with Gasteiger partial charge in [-0.25, -0.2) is 4.98 Å². The molecule has 0 radical (unpaired) electrons. The van der Waals surface area contributed by atoms with E-state index in [1.807, 2.05) is 12.1 Å². The SMILES string of the molecule is CC(=O)N1CCN(C(=O)c2ccnc(Nc3ccc(Cl)cc3)c2)CC1. The monoisotopic (exact) mass is 358 g/mol. The van der Waals surface area contributed by atoms with Crippen LogP contribution in [0.5, 0.6) is 0 Å². The Hall–Kier alpha value is -2.60. The number of carbonyl (C=O) groups excluding carboxylic acids is 2. The number of amides is 2. The van der Waals surface area contributed by atoms with Gasteiger partial charge in [-0.1, -0.05) is 11.6 Å². The normalized spacial score (nSPS) is 14.3. The van der Waals surface area contributed by atoms with Crippen LogP contribution < -0.4 is 5.32 Å². The third-order valence-electron chi connectivity index (χ3n) is 4.14. The molecule has 0 atom stereocenters. The van der Waals surface area contributed by atoms with Gasteiger partial charge in [0.15, 0.2) is 0 Å². The van der Waals surface area contributed by atoms with Crippen LogP contribution in [0, 0.1) is 0 Å². The molecule has 6 nitrogen and oxygen atoms in total. The second kappa shape index (κ2) is 7.53. The Morgan fingerprint density at radius 1 is 1.04 bits per heavy atom. The van der Waals surface area contributed by atoms with Gasteiger partial charge in [0, 0.05) is 55.6 Å². The average molecular weight is 359 g/mol. The van der Waals surface area contributed by atoms with Crippen molar-refractivity contribution in [2.24, 2.45) is 0 Å². The summed E-state index contributed by atoms with van der Waals surface area (Å²) >= 11 is 5.88. The molecule has 2 aromatic rings. The number of pyridine rings is 1. The Bertz CT molecular complexity index is 771. The van der Waals surface area contributed by atoms with Crippen molar-refractivity contribution in [1.29, 1.82) is 0 Å². The molecule has 7 heteroatoms. The Kier molecular flexibility index (Phi) is 5.19. The van der Waals surface area contributed by atoms with E-state index in [1.165, 1.54) is 0 Å². The molecule has 1 N–H and O–H groups in total. The number of rotatable bonds is 3. The van der Waals surface area contributed by atoms with Crippen molar-refractivity contribution < 1.29 is 9.59 Å². The van der Waals surface area contributed by atoms with E-state index in [-0.39, 0.29) is 11.8 Å². The van der Waals surface area contributed by atoms with Crippen molar-refractivity contribution >= 4 is 34.9 Å². The molecule has 0 aliphatic carbocycles. The first-order chi connectivity index (χ1) is 12.0. The van der Waals surface area contributed by atoms with E-state index in [2.05, 4.69) is 10.3 Å². The van der Waals surface area contributed by atoms with E-state index in [0.29, 0.717) is 42.6 Å². The van der Waals surface area contributed by atoms with Crippen molar-refractivity contribution in [3.05, 3.63) is 53.2 Å². The Labute approximate surface area is 151 Å². The van der Waals surface area contributed by atoms with Crippen LogP contribution in [-0.2, 0) is 4.79 Å². The van der Waals surface area contributed by atoms with Gasteiger partial charge >= 0.3 is 0 Å². The zero-order valence-corrected chi connectivity index (χ0v) is 14.7. The molecule has 1 aliphatic heterocycles. The number of piperazine rings is 1. The maximum absolute atomic E-state index is 12.7. The van der Waals surface area contributed by atoms with Crippen LogP contribution >= 0.6 is 11.6 Å². The van der Waals surface area contributed by atoms with Crippen LogP contribution in [0.1, 0.15) is 17.3 Å². The lowest BCUT2D eigenvalue weighted by Gasteiger charge is -2.34. The predicted octanol–water partition coefficient (Wildman–Crippen LogP) is 2.78. The molecule has 0 saturated carbocycles. The number of halogens is 1. The zero-order valence-electron chi connectivity index (χ0n) is 13.9. The molecule has 2 heterocycles. The Morgan fingerprint density at radius 3 is 2.32 bits per heavy atom. The van der Waals surface area contributed by atoms with Crippen molar-refractivity contribution in [2.45, 2.75) is 6.92 Å². The smallest absolute Gasteiger partial charge is 0.254 e. The van der Waals surface area contributed by atoms with Crippen molar-refractivity contribution in [3.8, 4) is 0 Å². The summed E-state index contributed by atoms with van der Waals surface area (Å²) in [6, 6.07) is 10.7. The van der Waals surface area contributed by atoms with Gasteiger partial charge in [-0.2, -0.15) is 0 Å². The maximum atomic E-state index is 12.7. The van der Waals surface area contributed by atoms with Crippen molar-refractivity contribution in [3.63, 3.8) is 0 Å². The van der Waals surface area contributed by atoms with E-state index < -0.39 is 0 Å². The number of carbonyl (C=O) groups is 2. The summed E-state index contributed by atoms with van der Waals surface area (Å²) in [6.45, 7) is 3.78. The molecular weight excluding hydrogens is 340 g/mol. The zero-order chi connectivity index (χ0) is 17.8. The average Bonchev–Trinajstić information content (AvgIpc) is 2.63. The second-order valence-electron chi connectivity index (χ2n) is 5.86. The van der Waals surface area contributed by atoms with E-state index in [0.717, 1.165) is 5.69 Å². The molecule has 0 bridgehead atoms. The van der Waals surface area contributed by atoms with Crippen molar-refractivity contribution in [2.75, 3.05) is 31.5 Å². The highest BCUT2D eigenvalue weighted by Gasteiger charge is 2.23. The fourth-order valence-electron chi connectivity index (χ4n) is 2.72. The summed E-state index contributed by atoms with van der Waals surface area (Å²) < 4.78 is 0. The van der Waals surface area contributed by atoms with Gasteiger partial charge in [-0.05, 0) is 36.4 Å². The standard InChI is InChI=1S/C18H19ClN4O2/c1-13(24)22-8-10-23(11-9-22)18(25)14-6-7-20-17(12-14)21-16-4-2-15(19)3-5-16/h2-7,12H,8-11H2,1H3,(H,20,21). The number of benzene rings is 1. The van der Waals surface area contributed by atoms with Gasteiger partial charge < -0.3 is 15.1 Å². The van der Waals surface area contributed by atoms with Gasteiger partial charge in [0.1, 0.15) is 5.82 Å². The van der Waals surface area contributed by atoms with E-state index >= 15 is 0 Å². The molecule has 3 rings (SSSR count). The lowest BCUT2D eigenvalue weighted by Crippen LogP contribution is -2.50. The minimum Gasteiger partial charge on any atom is -0.340 e. The Balaban J connectivity index is 1.67. The predicted molar refractivity (Wildman–Crippen MR) is 97.1 cm³/mol. The van der Waals surface area contributed by atoms with Gasteiger partial charge in [0.25, 0.3) is 5.91 Å². The number of anilines is 2. The second-order valence-corrected chi connectivity index (χ2v) is 6.30. The molecule has 1 saturated heterocycles. The molecule has 1 aliphatic rings. The first-order valence-electron chi connectivity index (χ1n) is 8.06. The fraction of sp³-hybridized carbons (Fsp3) is 0.278. The summed E-state index contributed by atoms with van der Waals surface area (Å²) in [5.41, 5.74) is 1.42. The third-order valence-corrected chi connectivity index (χ3v) is 4.39. The number of nitrogens with zero attached hydrogens (tertiary/aromatic N) is 3. The molecule has 0 unspecified atom stereocenters. The minimum atomic E-state index is -0.0511. The number of hydrogen-bond acceptors (Lipinski definition) is 4. The summed E-state index contributed by atoms with van der Waals surface area (Å²) in [7, 11) is 0. The highest BCUT2D eigenvalue weighted by molar-refractivity contribution is 6.30. The van der Waals surface area contributed by atoms with Gasteiger partial charge in [0.2, 0.25) is 5.91 Å². The van der Waals surface area contributed by atoms with Crippen LogP contribution in [-0.4, -0.2) is 52.8 Å². The highest BCUT2D eigenvalue weighted by Crippen LogP contribution is 2.19. The molecule has 130 valence electrons. The molecule has 25 heavy (non-hydrogen) atoms. The maximum Gasteiger partial charge on any atom is 0.254 e. The summed E-state index contributed by atoms with van der Waals surface area (Å²) in [5.74, 6) is 0.589. The molecule has 1 fully saturated rings. The third kappa shape index (κ3) is 4.28. The summed E-state index contributed by atoms with van der Waals surface area (Å²) in [6.07, 6.45) is 1.61. The van der Waals surface area contributed by atoms with Gasteiger partial charge in [0.05, 0.1) is 0 Å². The molecule has 1 aromatic heterocycles. The fourth-order valence-corrected chi connectivity index (χ4v) is 2.85. The highest BCUT2D eigenvalue weighted by atomic mass is 35.5. The largest absolute Gasteiger partial charge is 0.340 e. The van der Waals surface area contributed by atoms with Crippen molar-refractivity contribution in [1.82, 2.24) is 14.8 Å². The van der Waals surface area contributed by atoms with Crippen LogP contribution in [0.15, 0.2) is 42.6 Å². The summed E-state index contributed by atoms with van der Waals surface area (Å²) in [4.78, 5) is 31.8. The number of nitrogens with one attached hydrogen (secondary N) is 1. The summed E-state index contributed by atoms with van der Waals surface area (Å²) in [5, 5.41) is 3.82. The molecule has 0 spiro atoms. The van der Waals surface area contributed by atoms with E-state index in [4.69, 9.17) is 11.6 Å². The lowest BCUT2D eigenvalue weighted by molar-refractivity contribution is -0.130. The molecular formula is C18H19ClN4O2. The van der Waals surface area contributed by atoms with Crippen LogP contribution in [0.3, 0.4) is 0 Å².